The first-order valence-electron chi connectivity index (χ1n) is 7.90. The highest BCUT2D eigenvalue weighted by atomic mass is 16.5. The van der Waals surface area contributed by atoms with Crippen molar-refractivity contribution in [1.29, 1.82) is 0 Å². The zero-order chi connectivity index (χ0) is 17.3. The van der Waals surface area contributed by atoms with Gasteiger partial charge >= 0.3 is 5.97 Å². The summed E-state index contributed by atoms with van der Waals surface area (Å²) in [5.41, 5.74) is 2.74. The Bertz CT molecular complexity index is 800. The van der Waals surface area contributed by atoms with Crippen molar-refractivity contribution in [3.8, 4) is 5.75 Å². The van der Waals surface area contributed by atoms with Crippen LogP contribution in [0.3, 0.4) is 0 Å². The maximum atomic E-state index is 12.7. The van der Waals surface area contributed by atoms with Crippen LogP contribution in [-0.4, -0.2) is 23.1 Å². The number of benzene rings is 2. The first kappa shape index (κ1) is 16.1. The van der Waals surface area contributed by atoms with Crippen molar-refractivity contribution < 1.29 is 19.4 Å². The number of hydrogen-bond acceptors (Lipinski definition) is 3. The predicted molar refractivity (Wildman–Crippen MR) is 90.5 cm³/mol. The zero-order valence-electron chi connectivity index (χ0n) is 13.7. The average Bonchev–Trinajstić information content (AvgIpc) is 2.57. The number of carbonyl (C=O) groups is 2. The van der Waals surface area contributed by atoms with Crippen molar-refractivity contribution in [1.82, 2.24) is 0 Å². The lowest BCUT2D eigenvalue weighted by Crippen LogP contribution is -2.45. The molecule has 124 valence electrons. The standard InChI is InChI=1S/C19H19NO4/c1-3-16-18(21)20(15-9-12(2)7-8-17(15)24-16)11-13-5-4-6-14(10-13)19(22)23/h4-10,16H,3,11H2,1-2H3,(H,22,23). The molecule has 1 atom stereocenters. The monoisotopic (exact) mass is 325 g/mol. The van der Waals surface area contributed by atoms with E-state index in [2.05, 4.69) is 0 Å². The molecule has 5 nitrogen and oxygen atoms in total. The predicted octanol–water partition coefficient (Wildman–Crippen LogP) is 3.40. The van der Waals surface area contributed by atoms with Gasteiger partial charge < -0.3 is 14.7 Å². The van der Waals surface area contributed by atoms with E-state index in [-0.39, 0.29) is 11.5 Å². The van der Waals surface area contributed by atoms with Gasteiger partial charge in [-0.2, -0.15) is 0 Å². The van der Waals surface area contributed by atoms with E-state index in [0.717, 1.165) is 16.8 Å². The fraction of sp³-hybridized carbons (Fsp3) is 0.263. The SMILES string of the molecule is CCC1Oc2ccc(C)cc2N(Cc2cccc(C(=O)O)c2)C1=O. The van der Waals surface area contributed by atoms with Crippen LogP contribution < -0.4 is 9.64 Å². The Hall–Kier alpha value is -2.82. The third-order valence-corrected chi connectivity index (χ3v) is 4.10. The molecule has 1 amide bonds. The maximum absolute atomic E-state index is 12.7. The summed E-state index contributed by atoms with van der Waals surface area (Å²) in [5.74, 6) is -0.398. The van der Waals surface area contributed by atoms with Gasteiger partial charge in [0, 0.05) is 0 Å². The highest BCUT2D eigenvalue weighted by Gasteiger charge is 2.33. The van der Waals surface area contributed by atoms with Crippen molar-refractivity contribution >= 4 is 17.6 Å². The summed E-state index contributed by atoms with van der Waals surface area (Å²) in [4.78, 5) is 25.6. The fourth-order valence-electron chi connectivity index (χ4n) is 2.84. The molecule has 0 saturated carbocycles. The first-order chi connectivity index (χ1) is 11.5. The molecular weight excluding hydrogens is 306 g/mol. The molecule has 3 rings (SSSR count). The van der Waals surface area contributed by atoms with E-state index < -0.39 is 12.1 Å². The van der Waals surface area contributed by atoms with Crippen molar-refractivity contribution in [3.05, 3.63) is 59.2 Å². The van der Waals surface area contributed by atoms with Crippen LogP contribution in [0.15, 0.2) is 42.5 Å². The van der Waals surface area contributed by atoms with Crippen LogP contribution in [0.1, 0.15) is 34.8 Å². The second kappa shape index (κ2) is 6.35. The number of hydrogen-bond donors (Lipinski definition) is 1. The van der Waals surface area contributed by atoms with Crippen molar-refractivity contribution in [2.24, 2.45) is 0 Å². The Balaban J connectivity index is 1.99. The maximum Gasteiger partial charge on any atom is 0.335 e. The molecule has 1 unspecified atom stereocenters. The van der Waals surface area contributed by atoms with Crippen LogP contribution in [0.2, 0.25) is 0 Å². The van der Waals surface area contributed by atoms with Crippen LogP contribution in [0.5, 0.6) is 5.75 Å². The minimum atomic E-state index is -0.979. The molecule has 0 bridgehead atoms. The van der Waals surface area contributed by atoms with Crippen LogP contribution in [-0.2, 0) is 11.3 Å². The summed E-state index contributed by atoms with van der Waals surface area (Å²) in [6.07, 6.45) is 0.0699. The summed E-state index contributed by atoms with van der Waals surface area (Å²) >= 11 is 0. The molecule has 2 aromatic carbocycles. The van der Waals surface area contributed by atoms with Gasteiger partial charge in [-0.3, -0.25) is 4.79 Å². The number of aromatic carboxylic acids is 1. The van der Waals surface area contributed by atoms with Gasteiger partial charge in [-0.05, 0) is 48.7 Å². The number of carbonyl (C=O) groups excluding carboxylic acids is 1. The van der Waals surface area contributed by atoms with Crippen LogP contribution in [0.4, 0.5) is 5.69 Å². The van der Waals surface area contributed by atoms with Gasteiger partial charge in [-0.15, -0.1) is 0 Å². The lowest BCUT2D eigenvalue weighted by atomic mass is 10.1. The van der Waals surface area contributed by atoms with E-state index in [1.54, 1.807) is 23.1 Å². The number of carboxylic acid groups (broad SMARTS) is 1. The number of carboxylic acids is 1. The second-order valence-electron chi connectivity index (χ2n) is 5.92. The lowest BCUT2D eigenvalue weighted by Gasteiger charge is -2.34. The quantitative estimate of drug-likeness (QED) is 0.935. The van der Waals surface area contributed by atoms with Gasteiger partial charge in [-0.1, -0.05) is 25.1 Å². The molecule has 0 saturated heterocycles. The number of nitrogens with zero attached hydrogens (tertiary/aromatic N) is 1. The molecule has 1 N–H and O–H groups in total. The molecule has 5 heteroatoms. The number of anilines is 1. The topological polar surface area (TPSA) is 66.8 Å². The van der Waals surface area contributed by atoms with E-state index in [0.29, 0.717) is 18.7 Å². The molecule has 1 aliphatic rings. The van der Waals surface area contributed by atoms with Crippen LogP contribution >= 0.6 is 0 Å². The van der Waals surface area contributed by atoms with E-state index in [1.165, 1.54) is 0 Å². The number of amides is 1. The van der Waals surface area contributed by atoms with Gasteiger partial charge in [-0.25, -0.2) is 4.79 Å². The van der Waals surface area contributed by atoms with Crippen molar-refractivity contribution in [3.63, 3.8) is 0 Å². The van der Waals surface area contributed by atoms with E-state index in [1.807, 2.05) is 38.1 Å². The number of aryl methyl sites for hydroxylation is 1. The Labute approximate surface area is 140 Å². The fourth-order valence-corrected chi connectivity index (χ4v) is 2.84. The van der Waals surface area contributed by atoms with Gasteiger partial charge in [0.1, 0.15) is 5.75 Å². The van der Waals surface area contributed by atoms with Crippen LogP contribution in [0, 0.1) is 6.92 Å². The summed E-state index contributed by atoms with van der Waals surface area (Å²) in [6, 6.07) is 12.4. The summed E-state index contributed by atoms with van der Waals surface area (Å²) in [5, 5.41) is 9.14. The largest absolute Gasteiger partial charge is 0.478 e. The molecule has 1 heterocycles. The van der Waals surface area contributed by atoms with Crippen LogP contribution in [0.25, 0.3) is 0 Å². The van der Waals surface area contributed by atoms with Gasteiger partial charge in [0.2, 0.25) is 0 Å². The normalized spacial score (nSPS) is 16.5. The Kier molecular flexibility index (Phi) is 4.25. The second-order valence-corrected chi connectivity index (χ2v) is 5.92. The number of rotatable bonds is 4. The first-order valence-corrected chi connectivity index (χ1v) is 7.90. The molecule has 0 aromatic heterocycles. The Morgan fingerprint density at radius 2 is 2.04 bits per heavy atom. The number of fused-ring (bicyclic) bond motifs is 1. The zero-order valence-corrected chi connectivity index (χ0v) is 13.7. The third-order valence-electron chi connectivity index (χ3n) is 4.10. The van der Waals surface area contributed by atoms with Gasteiger partial charge in [0.05, 0.1) is 17.8 Å². The smallest absolute Gasteiger partial charge is 0.335 e. The average molecular weight is 325 g/mol. The Morgan fingerprint density at radius 3 is 2.75 bits per heavy atom. The highest BCUT2D eigenvalue weighted by molar-refractivity contribution is 6.00. The third kappa shape index (κ3) is 2.97. The summed E-state index contributed by atoms with van der Waals surface area (Å²) < 4.78 is 5.79. The van der Waals surface area contributed by atoms with E-state index in [4.69, 9.17) is 9.84 Å². The van der Waals surface area contributed by atoms with E-state index >= 15 is 0 Å². The lowest BCUT2D eigenvalue weighted by molar-refractivity contribution is -0.126. The molecule has 0 spiro atoms. The molecular formula is C19H19NO4. The molecule has 2 aromatic rings. The van der Waals surface area contributed by atoms with E-state index in [9.17, 15) is 9.59 Å². The molecule has 0 fully saturated rings. The van der Waals surface area contributed by atoms with Gasteiger partial charge in [0.15, 0.2) is 6.10 Å². The van der Waals surface area contributed by atoms with Gasteiger partial charge in [0.25, 0.3) is 5.91 Å². The number of ether oxygens (including phenoxy) is 1. The minimum absolute atomic E-state index is 0.101. The molecule has 0 radical (unpaired) electrons. The molecule has 1 aliphatic heterocycles. The molecule has 24 heavy (non-hydrogen) atoms. The summed E-state index contributed by atoms with van der Waals surface area (Å²) in [6.45, 7) is 4.18. The summed E-state index contributed by atoms with van der Waals surface area (Å²) in [7, 11) is 0. The van der Waals surface area contributed by atoms with Crippen molar-refractivity contribution in [2.45, 2.75) is 32.9 Å². The van der Waals surface area contributed by atoms with Crippen molar-refractivity contribution in [2.75, 3.05) is 4.90 Å². The highest BCUT2D eigenvalue weighted by Crippen LogP contribution is 2.36. The minimum Gasteiger partial charge on any atom is -0.478 e. The Morgan fingerprint density at radius 1 is 1.25 bits per heavy atom. The molecule has 0 aliphatic carbocycles.